The number of esters is 1. The van der Waals surface area contributed by atoms with E-state index in [0.29, 0.717) is 0 Å². The molecule has 0 aromatic heterocycles. The third-order valence-electron chi connectivity index (χ3n) is 2.29. The lowest BCUT2D eigenvalue weighted by molar-refractivity contribution is 0.0597. The lowest BCUT2D eigenvalue weighted by Crippen LogP contribution is -2.02. The number of carbonyl (C=O) groups is 1. The fraction of sp³-hybridized carbons (Fsp3) is 0.417. The monoisotopic (exact) mass is 208 g/mol. The molecule has 15 heavy (non-hydrogen) atoms. The number of phenols is 1. The van der Waals surface area contributed by atoms with Gasteiger partial charge in [-0.25, -0.2) is 4.79 Å². The summed E-state index contributed by atoms with van der Waals surface area (Å²) in [6.07, 6.45) is 3.10. The van der Waals surface area contributed by atoms with Gasteiger partial charge in [0.15, 0.2) is 0 Å². The highest BCUT2D eigenvalue weighted by Crippen LogP contribution is 2.20. The molecule has 0 aliphatic heterocycles. The van der Waals surface area contributed by atoms with Crippen LogP contribution in [0, 0.1) is 0 Å². The summed E-state index contributed by atoms with van der Waals surface area (Å²) in [6.45, 7) is 2.11. The molecule has 1 aromatic rings. The molecule has 0 bridgehead atoms. The van der Waals surface area contributed by atoms with Crippen LogP contribution in [0.3, 0.4) is 0 Å². The number of hydrogen-bond acceptors (Lipinski definition) is 3. The van der Waals surface area contributed by atoms with Crippen molar-refractivity contribution in [2.24, 2.45) is 0 Å². The highest BCUT2D eigenvalue weighted by Gasteiger charge is 2.11. The molecule has 0 fully saturated rings. The van der Waals surface area contributed by atoms with E-state index in [-0.39, 0.29) is 11.3 Å². The van der Waals surface area contributed by atoms with Gasteiger partial charge in [0, 0.05) is 0 Å². The van der Waals surface area contributed by atoms with Gasteiger partial charge >= 0.3 is 5.97 Å². The minimum Gasteiger partial charge on any atom is -0.507 e. The van der Waals surface area contributed by atoms with Crippen molar-refractivity contribution < 1.29 is 14.6 Å². The smallest absolute Gasteiger partial charge is 0.341 e. The molecule has 1 aromatic carbocycles. The number of rotatable bonds is 4. The van der Waals surface area contributed by atoms with E-state index in [1.54, 1.807) is 6.07 Å². The Hall–Kier alpha value is -1.51. The zero-order valence-corrected chi connectivity index (χ0v) is 9.12. The van der Waals surface area contributed by atoms with E-state index in [1.165, 1.54) is 13.2 Å². The van der Waals surface area contributed by atoms with Crippen LogP contribution in [-0.2, 0) is 11.2 Å². The highest BCUT2D eigenvalue weighted by molar-refractivity contribution is 5.92. The molecule has 3 nitrogen and oxygen atoms in total. The number of carbonyl (C=O) groups excluding carboxylic acids is 1. The second-order valence-corrected chi connectivity index (χ2v) is 3.45. The van der Waals surface area contributed by atoms with Gasteiger partial charge in [-0.1, -0.05) is 19.4 Å². The van der Waals surface area contributed by atoms with Crippen LogP contribution in [0.25, 0.3) is 0 Å². The largest absolute Gasteiger partial charge is 0.507 e. The van der Waals surface area contributed by atoms with E-state index in [0.717, 1.165) is 24.8 Å². The fourth-order valence-corrected chi connectivity index (χ4v) is 1.39. The van der Waals surface area contributed by atoms with Gasteiger partial charge in [-0.3, -0.25) is 0 Å². The predicted octanol–water partition coefficient (Wildman–Crippen LogP) is 2.52. The van der Waals surface area contributed by atoms with E-state index in [9.17, 15) is 9.90 Å². The predicted molar refractivity (Wildman–Crippen MR) is 58.1 cm³/mol. The number of aromatic hydroxyl groups is 1. The van der Waals surface area contributed by atoms with Gasteiger partial charge in [-0.2, -0.15) is 0 Å². The summed E-state index contributed by atoms with van der Waals surface area (Å²) in [5.74, 6) is -0.520. The maximum atomic E-state index is 11.3. The summed E-state index contributed by atoms with van der Waals surface area (Å²) in [7, 11) is 1.31. The lowest BCUT2D eigenvalue weighted by atomic mass is 10.0. The fourth-order valence-electron chi connectivity index (χ4n) is 1.39. The number of benzene rings is 1. The average molecular weight is 208 g/mol. The number of aryl methyl sites for hydroxylation is 1. The number of ether oxygens (including phenoxy) is 1. The van der Waals surface area contributed by atoms with Crippen molar-refractivity contribution in [3.8, 4) is 5.75 Å². The van der Waals surface area contributed by atoms with Gasteiger partial charge in [0.05, 0.1) is 7.11 Å². The zero-order valence-electron chi connectivity index (χ0n) is 9.12. The van der Waals surface area contributed by atoms with Crippen molar-refractivity contribution in [3.05, 3.63) is 29.3 Å². The molecule has 0 aliphatic carbocycles. The van der Waals surface area contributed by atoms with Crippen LogP contribution < -0.4 is 0 Å². The third-order valence-corrected chi connectivity index (χ3v) is 2.29. The molecule has 0 amide bonds. The lowest BCUT2D eigenvalue weighted by Gasteiger charge is -2.05. The highest BCUT2D eigenvalue weighted by atomic mass is 16.5. The second kappa shape index (κ2) is 5.39. The third kappa shape index (κ3) is 2.98. The normalized spacial score (nSPS) is 10.0. The Morgan fingerprint density at radius 1 is 1.47 bits per heavy atom. The van der Waals surface area contributed by atoms with E-state index in [4.69, 9.17) is 0 Å². The Labute approximate surface area is 89.7 Å². The molecule has 1 N–H and O–H groups in total. The summed E-state index contributed by atoms with van der Waals surface area (Å²) in [5, 5.41) is 9.46. The van der Waals surface area contributed by atoms with E-state index in [2.05, 4.69) is 11.7 Å². The summed E-state index contributed by atoms with van der Waals surface area (Å²) in [6, 6.07) is 5.06. The van der Waals surface area contributed by atoms with Crippen LogP contribution in [0.5, 0.6) is 5.75 Å². The topological polar surface area (TPSA) is 46.5 Å². The molecule has 0 spiro atoms. The SMILES string of the molecule is CCCCc1ccc(O)c(C(=O)OC)c1. The Kier molecular flexibility index (Phi) is 4.16. The molecular weight excluding hydrogens is 192 g/mol. The molecular formula is C12H16O3. The maximum absolute atomic E-state index is 11.3. The summed E-state index contributed by atoms with van der Waals surface area (Å²) in [4.78, 5) is 11.3. The van der Waals surface area contributed by atoms with Gasteiger partial charge in [0.25, 0.3) is 0 Å². The molecule has 0 unspecified atom stereocenters. The molecule has 0 aliphatic rings. The van der Waals surface area contributed by atoms with Crippen molar-refractivity contribution in [2.75, 3.05) is 7.11 Å². The Morgan fingerprint density at radius 2 is 2.20 bits per heavy atom. The second-order valence-electron chi connectivity index (χ2n) is 3.45. The summed E-state index contributed by atoms with van der Waals surface area (Å²) < 4.78 is 4.58. The first-order valence-corrected chi connectivity index (χ1v) is 5.09. The van der Waals surface area contributed by atoms with Crippen molar-refractivity contribution in [2.45, 2.75) is 26.2 Å². The molecule has 0 radical (unpaired) electrons. The molecule has 0 saturated heterocycles. The quantitative estimate of drug-likeness (QED) is 0.773. The first-order valence-electron chi connectivity index (χ1n) is 5.09. The van der Waals surface area contributed by atoms with Crippen LogP contribution in [0.1, 0.15) is 35.7 Å². The van der Waals surface area contributed by atoms with Crippen LogP contribution in [0.2, 0.25) is 0 Å². The summed E-state index contributed by atoms with van der Waals surface area (Å²) in [5.41, 5.74) is 1.29. The zero-order chi connectivity index (χ0) is 11.3. The first-order chi connectivity index (χ1) is 7.19. The van der Waals surface area contributed by atoms with E-state index in [1.807, 2.05) is 6.07 Å². The van der Waals surface area contributed by atoms with E-state index < -0.39 is 5.97 Å². The minimum absolute atomic E-state index is 0.0258. The minimum atomic E-state index is -0.495. The molecule has 0 atom stereocenters. The van der Waals surface area contributed by atoms with Crippen molar-refractivity contribution >= 4 is 5.97 Å². The van der Waals surface area contributed by atoms with Crippen LogP contribution in [0.15, 0.2) is 18.2 Å². The molecule has 3 heteroatoms. The van der Waals surface area contributed by atoms with Crippen LogP contribution >= 0.6 is 0 Å². The molecule has 82 valence electrons. The van der Waals surface area contributed by atoms with Crippen molar-refractivity contribution in [1.82, 2.24) is 0 Å². The maximum Gasteiger partial charge on any atom is 0.341 e. The average Bonchev–Trinajstić information content (AvgIpc) is 2.27. The van der Waals surface area contributed by atoms with Gasteiger partial charge in [-0.15, -0.1) is 0 Å². The van der Waals surface area contributed by atoms with Gasteiger partial charge in [0.1, 0.15) is 11.3 Å². The number of methoxy groups -OCH3 is 1. The Morgan fingerprint density at radius 3 is 2.80 bits per heavy atom. The van der Waals surface area contributed by atoms with E-state index >= 15 is 0 Å². The Balaban J connectivity index is 2.89. The number of phenolic OH excluding ortho intramolecular Hbond substituents is 1. The molecule has 0 saturated carbocycles. The van der Waals surface area contributed by atoms with Crippen molar-refractivity contribution in [1.29, 1.82) is 0 Å². The van der Waals surface area contributed by atoms with Gasteiger partial charge < -0.3 is 9.84 Å². The van der Waals surface area contributed by atoms with Crippen LogP contribution in [0.4, 0.5) is 0 Å². The van der Waals surface area contributed by atoms with Crippen molar-refractivity contribution in [3.63, 3.8) is 0 Å². The number of hydrogen-bond donors (Lipinski definition) is 1. The summed E-state index contributed by atoms with van der Waals surface area (Å²) >= 11 is 0. The van der Waals surface area contributed by atoms with Gasteiger partial charge in [-0.05, 0) is 30.5 Å². The Bertz CT molecular complexity index is 345. The van der Waals surface area contributed by atoms with Gasteiger partial charge in [0.2, 0.25) is 0 Å². The van der Waals surface area contributed by atoms with Crippen LogP contribution in [-0.4, -0.2) is 18.2 Å². The first kappa shape index (κ1) is 11.6. The molecule has 1 rings (SSSR count). The molecule has 0 heterocycles. The number of unbranched alkanes of at least 4 members (excludes halogenated alkanes) is 1. The standard InChI is InChI=1S/C12H16O3/c1-3-4-5-9-6-7-11(13)10(8-9)12(14)15-2/h6-8,13H,3-5H2,1-2H3.